The molecule has 0 N–H and O–H groups in total. The molecule has 2 aromatic rings. The zero-order chi connectivity index (χ0) is 13.2. The van der Waals surface area contributed by atoms with Crippen molar-refractivity contribution >= 4 is 33.7 Å². The van der Waals surface area contributed by atoms with Crippen LogP contribution in [0.5, 0.6) is 0 Å². The fraction of sp³-hybridized carbons (Fsp3) is 0.200. The second-order valence-corrected chi connectivity index (χ2v) is 5.56. The molecule has 1 aliphatic rings. The molecule has 1 saturated heterocycles. The second kappa shape index (κ2) is 5.05. The van der Waals surface area contributed by atoms with Crippen LogP contribution in [0, 0.1) is 0 Å². The Hall–Kier alpha value is -1.81. The Morgan fingerprint density at radius 3 is 2.68 bits per heavy atom. The van der Waals surface area contributed by atoms with E-state index in [0.717, 1.165) is 16.3 Å². The monoisotopic (exact) mass is 271 g/mol. The van der Waals surface area contributed by atoms with Gasteiger partial charge < -0.3 is 0 Å². The van der Waals surface area contributed by atoms with Gasteiger partial charge in [-0.3, -0.25) is 14.5 Å². The highest BCUT2D eigenvalue weighted by Gasteiger charge is 2.26. The highest BCUT2D eigenvalue weighted by Crippen LogP contribution is 2.20. The average Bonchev–Trinajstić information content (AvgIpc) is 2.85. The minimum Gasteiger partial charge on any atom is -0.274 e. The molecule has 3 rings (SSSR count). The standard InChI is InChI=1S/C15H13NO2S/c17-14(16-7-8-19-15(16)18)10-11-5-6-12-3-1-2-4-13(12)9-11/h1-6,9H,7-8,10H2. The van der Waals surface area contributed by atoms with Crippen molar-refractivity contribution in [3.05, 3.63) is 48.0 Å². The first-order valence-corrected chi connectivity index (χ1v) is 7.17. The van der Waals surface area contributed by atoms with Crippen molar-refractivity contribution in [1.29, 1.82) is 0 Å². The van der Waals surface area contributed by atoms with Crippen molar-refractivity contribution in [3.8, 4) is 0 Å². The minimum atomic E-state index is -0.120. The molecule has 0 bridgehead atoms. The molecule has 1 aliphatic heterocycles. The molecule has 2 aromatic carbocycles. The summed E-state index contributed by atoms with van der Waals surface area (Å²) in [6.07, 6.45) is 0.289. The Morgan fingerprint density at radius 1 is 1.16 bits per heavy atom. The molecule has 4 heteroatoms. The maximum atomic E-state index is 12.1. The van der Waals surface area contributed by atoms with Gasteiger partial charge in [0.05, 0.1) is 6.42 Å². The van der Waals surface area contributed by atoms with Gasteiger partial charge in [0.1, 0.15) is 0 Å². The molecule has 1 fully saturated rings. The van der Waals surface area contributed by atoms with E-state index in [1.54, 1.807) is 0 Å². The molecule has 0 radical (unpaired) electrons. The van der Waals surface area contributed by atoms with Crippen LogP contribution in [0.3, 0.4) is 0 Å². The SMILES string of the molecule is O=C(Cc1ccc2ccccc2c1)N1CCSC1=O. The maximum Gasteiger partial charge on any atom is 0.288 e. The number of benzene rings is 2. The number of imide groups is 1. The Kier molecular flexibility index (Phi) is 3.25. The van der Waals surface area contributed by atoms with Gasteiger partial charge in [-0.15, -0.1) is 0 Å². The first kappa shape index (κ1) is 12.2. The van der Waals surface area contributed by atoms with E-state index in [1.807, 2.05) is 42.5 Å². The first-order valence-electron chi connectivity index (χ1n) is 6.19. The fourth-order valence-corrected chi connectivity index (χ4v) is 3.04. The smallest absolute Gasteiger partial charge is 0.274 e. The molecule has 0 atom stereocenters. The van der Waals surface area contributed by atoms with Gasteiger partial charge in [-0.25, -0.2) is 0 Å². The van der Waals surface area contributed by atoms with Gasteiger partial charge in [0.2, 0.25) is 5.91 Å². The molecule has 2 amide bonds. The molecule has 0 spiro atoms. The van der Waals surface area contributed by atoms with Crippen molar-refractivity contribution in [2.45, 2.75) is 6.42 Å². The summed E-state index contributed by atoms with van der Waals surface area (Å²) in [5, 5.41) is 2.16. The number of fused-ring (bicyclic) bond motifs is 1. The van der Waals surface area contributed by atoms with E-state index in [-0.39, 0.29) is 17.6 Å². The zero-order valence-corrected chi connectivity index (χ0v) is 11.2. The third kappa shape index (κ3) is 2.49. The Morgan fingerprint density at radius 2 is 1.95 bits per heavy atom. The van der Waals surface area contributed by atoms with Crippen LogP contribution in [-0.4, -0.2) is 28.3 Å². The summed E-state index contributed by atoms with van der Waals surface area (Å²) >= 11 is 1.21. The van der Waals surface area contributed by atoms with E-state index in [0.29, 0.717) is 12.3 Å². The van der Waals surface area contributed by atoms with Crippen LogP contribution in [0.15, 0.2) is 42.5 Å². The molecule has 0 aromatic heterocycles. The highest BCUT2D eigenvalue weighted by molar-refractivity contribution is 8.13. The van der Waals surface area contributed by atoms with E-state index >= 15 is 0 Å². The van der Waals surface area contributed by atoms with Crippen molar-refractivity contribution in [3.63, 3.8) is 0 Å². The third-order valence-corrected chi connectivity index (χ3v) is 4.09. The number of thioether (sulfide) groups is 1. The lowest BCUT2D eigenvalue weighted by Crippen LogP contribution is -2.32. The topological polar surface area (TPSA) is 37.4 Å². The lowest BCUT2D eigenvalue weighted by atomic mass is 10.0. The van der Waals surface area contributed by atoms with Gasteiger partial charge in [0.15, 0.2) is 0 Å². The summed E-state index contributed by atoms with van der Waals surface area (Å²) in [4.78, 5) is 24.9. The Labute approximate surface area is 115 Å². The quantitative estimate of drug-likeness (QED) is 0.842. The normalized spacial score (nSPS) is 15.2. The summed E-state index contributed by atoms with van der Waals surface area (Å²) in [7, 11) is 0. The summed E-state index contributed by atoms with van der Waals surface area (Å²) in [5.41, 5.74) is 0.952. The van der Waals surface area contributed by atoms with Crippen LogP contribution in [0.4, 0.5) is 4.79 Å². The molecule has 0 unspecified atom stereocenters. The summed E-state index contributed by atoms with van der Waals surface area (Å²) in [6, 6.07) is 14.0. The van der Waals surface area contributed by atoms with Gasteiger partial charge in [0.25, 0.3) is 5.24 Å². The van der Waals surface area contributed by atoms with E-state index in [2.05, 4.69) is 0 Å². The number of rotatable bonds is 2. The van der Waals surface area contributed by atoms with Gasteiger partial charge in [-0.1, -0.05) is 54.2 Å². The number of nitrogens with zero attached hydrogens (tertiary/aromatic N) is 1. The van der Waals surface area contributed by atoms with Crippen molar-refractivity contribution < 1.29 is 9.59 Å². The van der Waals surface area contributed by atoms with Crippen LogP contribution in [0.25, 0.3) is 10.8 Å². The Bertz CT molecular complexity index is 653. The van der Waals surface area contributed by atoms with E-state index in [9.17, 15) is 9.59 Å². The molecule has 3 nitrogen and oxygen atoms in total. The van der Waals surface area contributed by atoms with Crippen LogP contribution in [-0.2, 0) is 11.2 Å². The number of hydrogen-bond donors (Lipinski definition) is 0. The number of carbonyl (C=O) groups excluding carboxylic acids is 2. The van der Waals surface area contributed by atoms with E-state index in [4.69, 9.17) is 0 Å². The predicted molar refractivity (Wildman–Crippen MR) is 77.2 cm³/mol. The molecular formula is C15H13NO2S. The summed E-state index contributed by atoms with van der Waals surface area (Å²) in [5.74, 6) is 0.604. The van der Waals surface area contributed by atoms with Crippen LogP contribution in [0.1, 0.15) is 5.56 Å². The second-order valence-electron chi connectivity index (χ2n) is 4.52. The third-order valence-electron chi connectivity index (χ3n) is 3.23. The predicted octanol–water partition coefficient (Wildman–Crippen LogP) is 3.08. The maximum absolute atomic E-state index is 12.1. The van der Waals surface area contributed by atoms with Gasteiger partial charge in [-0.05, 0) is 16.3 Å². The average molecular weight is 271 g/mol. The first-order chi connectivity index (χ1) is 9.24. The van der Waals surface area contributed by atoms with Crippen molar-refractivity contribution in [2.75, 3.05) is 12.3 Å². The minimum absolute atomic E-state index is 0.106. The molecule has 19 heavy (non-hydrogen) atoms. The van der Waals surface area contributed by atoms with E-state index < -0.39 is 0 Å². The number of carbonyl (C=O) groups is 2. The van der Waals surface area contributed by atoms with E-state index in [1.165, 1.54) is 16.7 Å². The fourth-order valence-electron chi connectivity index (χ4n) is 2.24. The highest BCUT2D eigenvalue weighted by atomic mass is 32.2. The lowest BCUT2D eigenvalue weighted by molar-refractivity contribution is -0.126. The molecule has 1 heterocycles. The lowest BCUT2D eigenvalue weighted by Gasteiger charge is -2.12. The number of amides is 2. The zero-order valence-electron chi connectivity index (χ0n) is 10.3. The summed E-state index contributed by atoms with van der Waals surface area (Å²) in [6.45, 7) is 0.538. The van der Waals surface area contributed by atoms with Crippen LogP contribution < -0.4 is 0 Å². The van der Waals surface area contributed by atoms with Crippen molar-refractivity contribution in [1.82, 2.24) is 4.90 Å². The van der Waals surface area contributed by atoms with Crippen molar-refractivity contribution in [2.24, 2.45) is 0 Å². The van der Waals surface area contributed by atoms with Crippen LogP contribution >= 0.6 is 11.8 Å². The largest absolute Gasteiger partial charge is 0.288 e. The molecule has 0 aliphatic carbocycles. The summed E-state index contributed by atoms with van der Waals surface area (Å²) < 4.78 is 0. The van der Waals surface area contributed by atoms with Crippen LogP contribution in [0.2, 0.25) is 0 Å². The van der Waals surface area contributed by atoms with Gasteiger partial charge >= 0.3 is 0 Å². The van der Waals surface area contributed by atoms with Gasteiger partial charge in [-0.2, -0.15) is 0 Å². The number of hydrogen-bond acceptors (Lipinski definition) is 3. The molecule has 0 saturated carbocycles. The van der Waals surface area contributed by atoms with Gasteiger partial charge in [0, 0.05) is 12.3 Å². The Balaban J connectivity index is 1.81. The molecular weight excluding hydrogens is 258 g/mol. The molecule has 96 valence electrons.